The summed E-state index contributed by atoms with van der Waals surface area (Å²) in [6.45, 7) is 8.53. The molecule has 1 aliphatic heterocycles. The molecule has 124 valence electrons. The summed E-state index contributed by atoms with van der Waals surface area (Å²) in [7, 11) is 1.98. The molecule has 1 aromatic heterocycles. The lowest BCUT2D eigenvalue weighted by atomic mass is 10.0. The number of nitrogens with zero attached hydrogens (tertiary/aromatic N) is 4. The molecule has 3 atom stereocenters. The summed E-state index contributed by atoms with van der Waals surface area (Å²) in [5, 5.41) is 7.75. The minimum Gasteiger partial charge on any atom is -0.357 e. The first-order valence-electron chi connectivity index (χ1n) is 8.19. The molecule has 0 spiro atoms. The number of guanidine groups is 1. The molecule has 6 heteroatoms. The van der Waals surface area contributed by atoms with Gasteiger partial charge in [-0.05, 0) is 37.2 Å². The summed E-state index contributed by atoms with van der Waals surface area (Å²) < 4.78 is 1.89. The van der Waals surface area contributed by atoms with Crippen LogP contribution in [0.2, 0.25) is 0 Å². The van der Waals surface area contributed by atoms with Crippen LogP contribution in [0.1, 0.15) is 38.2 Å². The number of aliphatic imine (C=N–C) groups is 1. The van der Waals surface area contributed by atoms with Gasteiger partial charge in [-0.2, -0.15) is 5.10 Å². The Morgan fingerprint density at radius 2 is 2.27 bits per heavy atom. The highest BCUT2D eigenvalue weighted by molar-refractivity contribution is 14.0. The number of hydrogen-bond acceptors (Lipinski definition) is 2. The van der Waals surface area contributed by atoms with Crippen molar-refractivity contribution in [1.82, 2.24) is 20.0 Å². The Morgan fingerprint density at radius 3 is 2.86 bits per heavy atom. The fourth-order valence-electron chi connectivity index (χ4n) is 3.16. The number of halogens is 1. The second kappa shape index (κ2) is 7.66. The quantitative estimate of drug-likeness (QED) is 0.465. The SMILES string of the molecule is CCNC(=NCC1CC1C)N1CCC(c2cnn(C)c2)C1.I. The fraction of sp³-hybridized carbons (Fsp3) is 0.750. The van der Waals surface area contributed by atoms with Crippen LogP contribution in [0.25, 0.3) is 0 Å². The largest absolute Gasteiger partial charge is 0.357 e. The number of nitrogens with one attached hydrogen (secondary N) is 1. The van der Waals surface area contributed by atoms with Gasteiger partial charge in [0.15, 0.2) is 5.96 Å². The predicted octanol–water partition coefficient (Wildman–Crippen LogP) is 2.45. The van der Waals surface area contributed by atoms with Crippen LogP contribution in [0.5, 0.6) is 0 Å². The van der Waals surface area contributed by atoms with E-state index in [2.05, 4.69) is 35.4 Å². The highest BCUT2D eigenvalue weighted by Crippen LogP contribution is 2.37. The van der Waals surface area contributed by atoms with Gasteiger partial charge < -0.3 is 10.2 Å². The molecule has 1 saturated carbocycles. The minimum atomic E-state index is 0. The standard InChI is InChI=1S/C16H27N5.HI/c1-4-17-16(18-8-14-7-12(14)2)21-6-5-13(11-21)15-9-19-20(3)10-15;/h9-10,12-14H,4-8,11H2,1-3H3,(H,17,18);1H. The molecule has 0 bridgehead atoms. The normalized spacial score (nSPS) is 27.7. The van der Waals surface area contributed by atoms with Crippen LogP contribution in [0, 0.1) is 11.8 Å². The number of aryl methyl sites for hydroxylation is 1. The number of likely N-dealkylation sites (tertiary alicyclic amines) is 1. The van der Waals surface area contributed by atoms with Crippen molar-refractivity contribution in [2.45, 2.75) is 32.6 Å². The maximum Gasteiger partial charge on any atom is 0.193 e. The summed E-state index contributed by atoms with van der Waals surface area (Å²) >= 11 is 0. The van der Waals surface area contributed by atoms with E-state index < -0.39 is 0 Å². The molecule has 22 heavy (non-hydrogen) atoms. The minimum absolute atomic E-state index is 0. The third-order valence-electron chi connectivity index (χ3n) is 4.77. The van der Waals surface area contributed by atoms with Gasteiger partial charge in [0.2, 0.25) is 0 Å². The predicted molar refractivity (Wildman–Crippen MR) is 101 cm³/mol. The van der Waals surface area contributed by atoms with E-state index in [0.29, 0.717) is 5.92 Å². The highest BCUT2D eigenvalue weighted by atomic mass is 127. The van der Waals surface area contributed by atoms with Crippen molar-refractivity contribution in [2.24, 2.45) is 23.9 Å². The van der Waals surface area contributed by atoms with E-state index in [-0.39, 0.29) is 24.0 Å². The topological polar surface area (TPSA) is 45.5 Å². The van der Waals surface area contributed by atoms with Gasteiger partial charge in [0.1, 0.15) is 0 Å². The smallest absolute Gasteiger partial charge is 0.193 e. The third kappa shape index (κ3) is 4.14. The maximum absolute atomic E-state index is 4.85. The Hall–Kier alpha value is -0.790. The van der Waals surface area contributed by atoms with Gasteiger partial charge in [-0.15, -0.1) is 24.0 Å². The van der Waals surface area contributed by atoms with Crippen molar-refractivity contribution >= 4 is 29.9 Å². The van der Waals surface area contributed by atoms with Crippen LogP contribution < -0.4 is 5.32 Å². The molecule has 2 fully saturated rings. The molecule has 0 radical (unpaired) electrons. The first-order chi connectivity index (χ1) is 10.2. The molecule has 1 aliphatic carbocycles. The first kappa shape index (κ1) is 17.6. The van der Waals surface area contributed by atoms with E-state index in [1.54, 1.807) is 0 Å². The Bertz CT molecular complexity index is 512. The summed E-state index contributed by atoms with van der Waals surface area (Å²) in [5.74, 6) is 3.37. The zero-order chi connectivity index (χ0) is 14.8. The van der Waals surface area contributed by atoms with Gasteiger partial charge in [-0.25, -0.2) is 0 Å². The summed E-state index contributed by atoms with van der Waals surface area (Å²) in [4.78, 5) is 7.26. The molecule has 1 saturated heterocycles. The van der Waals surface area contributed by atoms with Crippen LogP contribution in [-0.2, 0) is 7.05 Å². The fourth-order valence-corrected chi connectivity index (χ4v) is 3.16. The highest BCUT2D eigenvalue weighted by Gasteiger charge is 2.33. The lowest BCUT2D eigenvalue weighted by molar-refractivity contribution is 0.485. The van der Waals surface area contributed by atoms with Gasteiger partial charge in [0.05, 0.1) is 6.20 Å². The second-order valence-corrected chi connectivity index (χ2v) is 6.55. The molecule has 1 N–H and O–H groups in total. The van der Waals surface area contributed by atoms with Gasteiger partial charge >= 0.3 is 0 Å². The number of aromatic nitrogens is 2. The molecular formula is C16H28IN5. The van der Waals surface area contributed by atoms with Crippen LogP contribution >= 0.6 is 24.0 Å². The molecular weight excluding hydrogens is 389 g/mol. The van der Waals surface area contributed by atoms with E-state index in [4.69, 9.17) is 4.99 Å². The monoisotopic (exact) mass is 417 g/mol. The zero-order valence-electron chi connectivity index (χ0n) is 13.8. The van der Waals surface area contributed by atoms with Crippen molar-refractivity contribution in [2.75, 3.05) is 26.2 Å². The Labute approximate surface area is 150 Å². The molecule has 1 aromatic rings. The van der Waals surface area contributed by atoms with Crippen LogP contribution in [0.3, 0.4) is 0 Å². The lowest BCUT2D eigenvalue weighted by Gasteiger charge is -2.21. The molecule has 2 aliphatic rings. The van der Waals surface area contributed by atoms with Gasteiger partial charge in [0.25, 0.3) is 0 Å². The van der Waals surface area contributed by atoms with Crippen molar-refractivity contribution in [3.8, 4) is 0 Å². The van der Waals surface area contributed by atoms with Gasteiger partial charge in [0, 0.05) is 45.3 Å². The van der Waals surface area contributed by atoms with E-state index >= 15 is 0 Å². The van der Waals surface area contributed by atoms with Crippen molar-refractivity contribution in [1.29, 1.82) is 0 Å². The van der Waals surface area contributed by atoms with Crippen LogP contribution in [0.4, 0.5) is 0 Å². The first-order valence-corrected chi connectivity index (χ1v) is 8.19. The molecule has 3 unspecified atom stereocenters. The number of rotatable bonds is 4. The average Bonchev–Trinajstić information content (AvgIpc) is 2.87. The van der Waals surface area contributed by atoms with Gasteiger partial charge in [-0.1, -0.05) is 6.92 Å². The second-order valence-electron chi connectivity index (χ2n) is 6.55. The van der Waals surface area contributed by atoms with E-state index in [0.717, 1.165) is 44.0 Å². The van der Waals surface area contributed by atoms with Gasteiger partial charge in [-0.3, -0.25) is 9.67 Å². The van der Waals surface area contributed by atoms with E-state index in [9.17, 15) is 0 Å². The zero-order valence-corrected chi connectivity index (χ0v) is 16.2. The molecule has 3 rings (SSSR count). The van der Waals surface area contributed by atoms with E-state index in [1.165, 1.54) is 18.4 Å². The van der Waals surface area contributed by atoms with Crippen LogP contribution in [-0.4, -0.2) is 46.8 Å². The summed E-state index contributed by atoms with van der Waals surface area (Å²) in [6, 6.07) is 0. The van der Waals surface area contributed by atoms with Crippen molar-refractivity contribution in [3.63, 3.8) is 0 Å². The van der Waals surface area contributed by atoms with Crippen molar-refractivity contribution < 1.29 is 0 Å². The molecule has 5 nitrogen and oxygen atoms in total. The Kier molecular flexibility index (Phi) is 6.11. The average molecular weight is 417 g/mol. The molecule has 0 aromatic carbocycles. The van der Waals surface area contributed by atoms with Crippen molar-refractivity contribution in [3.05, 3.63) is 18.0 Å². The van der Waals surface area contributed by atoms with E-state index in [1.807, 2.05) is 17.9 Å². The molecule has 2 heterocycles. The third-order valence-corrected chi connectivity index (χ3v) is 4.77. The summed E-state index contributed by atoms with van der Waals surface area (Å²) in [6.07, 6.45) is 6.69. The van der Waals surface area contributed by atoms with Crippen LogP contribution in [0.15, 0.2) is 17.4 Å². The summed E-state index contributed by atoms with van der Waals surface area (Å²) in [5.41, 5.74) is 1.35. The maximum atomic E-state index is 4.85. The molecule has 0 amide bonds. The lowest BCUT2D eigenvalue weighted by Crippen LogP contribution is -2.40. The number of hydrogen-bond donors (Lipinski definition) is 1. The Morgan fingerprint density at radius 1 is 1.50 bits per heavy atom. The Balaban J connectivity index is 0.00000176.